The summed E-state index contributed by atoms with van der Waals surface area (Å²) in [6.07, 6.45) is -11.1. The molecule has 1 aliphatic heterocycles. The molecule has 0 aromatic rings. The molecule has 0 unspecified atom stereocenters. The minimum atomic E-state index is -1.68. The summed E-state index contributed by atoms with van der Waals surface area (Å²) in [4.78, 5) is 10.9. The van der Waals surface area contributed by atoms with Crippen molar-refractivity contribution in [3.8, 4) is 0 Å². The van der Waals surface area contributed by atoms with Gasteiger partial charge in [-0.3, -0.25) is 0 Å². The molecule has 1 saturated heterocycles. The summed E-state index contributed by atoms with van der Waals surface area (Å²) in [6.45, 7) is -0.649. The SMILES string of the molecule is O=C(O)C1=C[C@@H](O)[C@@H](O[C@@H]2O[C@H](CO)[C@@H](O)[C@H](O)[C@H]2O)[C@H](O)C1. The van der Waals surface area contributed by atoms with Crippen LogP contribution in [0.4, 0.5) is 0 Å². The second kappa shape index (κ2) is 7.20. The van der Waals surface area contributed by atoms with E-state index in [1.54, 1.807) is 0 Å². The third kappa shape index (κ3) is 3.70. The first-order valence-corrected chi connectivity index (χ1v) is 7.02. The van der Waals surface area contributed by atoms with Gasteiger partial charge in [-0.05, 0) is 6.08 Å². The molecule has 2 rings (SSSR count). The van der Waals surface area contributed by atoms with Crippen molar-refractivity contribution in [3.63, 3.8) is 0 Å². The van der Waals surface area contributed by atoms with E-state index in [1.807, 2.05) is 0 Å². The maximum atomic E-state index is 10.9. The lowest BCUT2D eigenvalue weighted by Crippen LogP contribution is -2.61. The molecule has 0 amide bonds. The maximum absolute atomic E-state index is 10.9. The molecule has 0 radical (unpaired) electrons. The van der Waals surface area contributed by atoms with Gasteiger partial charge >= 0.3 is 5.97 Å². The van der Waals surface area contributed by atoms with Gasteiger partial charge in [-0.1, -0.05) is 0 Å². The maximum Gasteiger partial charge on any atom is 0.331 e. The number of carboxylic acid groups (broad SMARTS) is 1. The Hall–Kier alpha value is -1.11. The number of carbonyl (C=O) groups is 1. The number of aliphatic carboxylic acids is 1. The summed E-state index contributed by atoms with van der Waals surface area (Å²) in [7, 11) is 0. The van der Waals surface area contributed by atoms with Gasteiger partial charge in [-0.25, -0.2) is 4.79 Å². The van der Waals surface area contributed by atoms with Gasteiger partial charge in [0.2, 0.25) is 0 Å². The van der Waals surface area contributed by atoms with E-state index in [9.17, 15) is 30.3 Å². The lowest BCUT2D eigenvalue weighted by atomic mass is 9.91. The Morgan fingerprint density at radius 3 is 2.35 bits per heavy atom. The Balaban J connectivity index is 2.10. The van der Waals surface area contributed by atoms with Crippen molar-refractivity contribution in [2.75, 3.05) is 6.61 Å². The minimum absolute atomic E-state index is 0.182. The fourth-order valence-corrected chi connectivity index (χ4v) is 2.60. The predicted molar refractivity (Wildman–Crippen MR) is 71.0 cm³/mol. The quantitative estimate of drug-likeness (QED) is 0.270. The Bertz CT molecular complexity index is 464. The first-order chi connectivity index (χ1) is 10.8. The summed E-state index contributed by atoms with van der Waals surface area (Å²) in [5.41, 5.74) is -0.182. The van der Waals surface area contributed by atoms with Crippen LogP contribution in [-0.4, -0.2) is 97.3 Å². The highest BCUT2D eigenvalue weighted by molar-refractivity contribution is 5.87. The predicted octanol–water partition coefficient (Wildman–Crippen LogP) is -3.69. The average molecular weight is 336 g/mol. The van der Waals surface area contributed by atoms with Gasteiger partial charge in [0.15, 0.2) is 6.29 Å². The molecule has 0 saturated carbocycles. The van der Waals surface area contributed by atoms with Gasteiger partial charge in [0.05, 0.1) is 12.7 Å². The Kier molecular flexibility index (Phi) is 5.70. The summed E-state index contributed by atoms with van der Waals surface area (Å²) in [5, 5.41) is 66.9. The number of aliphatic hydroxyl groups excluding tert-OH is 6. The zero-order valence-electron chi connectivity index (χ0n) is 12.0. The fraction of sp³-hybridized carbons (Fsp3) is 0.769. The van der Waals surface area contributed by atoms with E-state index in [0.29, 0.717) is 0 Å². The zero-order chi connectivity index (χ0) is 17.3. The van der Waals surface area contributed by atoms with Gasteiger partial charge in [-0.15, -0.1) is 0 Å². The summed E-state index contributed by atoms with van der Waals surface area (Å²) in [6, 6.07) is 0. The normalized spacial score (nSPS) is 44.7. The number of rotatable bonds is 4. The molecule has 0 aromatic heterocycles. The number of aliphatic hydroxyl groups is 6. The van der Waals surface area contributed by atoms with Crippen molar-refractivity contribution < 1.29 is 50.0 Å². The van der Waals surface area contributed by atoms with Crippen LogP contribution in [0.5, 0.6) is 0 Å². The van der Waals surface area contributed by atoms with Gasteiger partial charge in [0.25, 0.3) is 0 Å². The molecule has 0 spiro atoms. The van der Waals surface area contributed by atoms with Crippen molar-refractivity contribution >= 4 is 5.97 Å². The average Bonchev–Trinajstić information content (AvgIpc) is 2.50. The molecule has 8 atom stereocenters. The van der Waals surface area contributed by atoms with Crippen LogP contribution in [0.2, 0.25) is 0 Å². The molecule has 7 N–H and O–H groups in total. The molecule has 1 heterocycles. The Morgan fingerprint density at radius 2 is 1.83 bits per heavy atom. The second-order valence-corrected chi connectivity index (χ2v) is 5.56. The number of ether oxygens (including phenoxy) is 2. The van der Waals surface area contributed by atoms with E-state index in [4.69, 9.17) is 19.7 Å². The molecule has 23 heavy (non-hydrogen) atoms. The standard InChI is InChI=1S/C13H20O10/c14-3-7-8(17)9(18)10(19)13(22-7)23-11-5(15)1-4(12(20)21)2-6(11)16/h1,5-11,13-19H,2-3H2,(H,20,21)/t5-,6-,7-,8-,9+,10-,11-,13+/m1/s1. The van der Waals surface area contributed by atoms with Crippen molar-refractivity contribution in [1.29, 1.82) is 0 Å². The molecule has 132 valence electrons. The second-order valence-electron chi connectivity index (χ2n) is 5.56. The van der Waals surface area contributed by atoms with Crippen LogP contribution in [0.1, 0.15) is 6.42 Å². The van der Waals surface area contributed by atoms with Crippen LogP contribution in [0.25, 0.3) is 0 Å². The van der Waals surface area contributed by atoms with E-state index in [-0.39, 0.29) is 12.0 Å². The van der Waals surface area contributed by atoms with E-state index in [0.717, 1.165) is 6.08 Å². The summed E-state index contributed by atoms with van der Waals surface area (Å²) < 4.78 is 10.4. The Labute approximate surface area is 130 Å². The molecule has 0 aromatic carbocycles. The summed E-state index contributed by atoms with van der Waals surface area (Å²) >= 11 is 0. The largest absolute Gasteiger partial charge is 0.478 e. The van der Waals surface area contributed by atoms with Crippen LogP contribution in [0.15, 0.2) is 11.6 Å². The molecular weight excluding hydrogens is 316 g/mol. The van der Waals surface area contributed by atoms with Gasteiger partial charge in [0.1, 0.15) is 36.6 Å². The lowest BCUT2D eigenvalue weighted by molar-refractivity contribution is -0.322. The molecule has 1 aliphatic carbocycles. The van der Waals surface area contributed by atoms with Crippen LogP contribution >= 0.6 is 0 Å². The minimum Gasteiger partial charge on any atom is -0.478 e. The van der Waals surface area contributed by atoms with Crippen LogP contribution in [0, 0.1) is 0 Å². The van der Waals surface area contributed by atoms with E-state index < -0.39 is 61.6 Å². The summed E-state index contributed by atoms with van der Waals surface area (Å²) in [5.74, 6) is -1.28. The first-order valence-electron chi connectivity index (χ1n) is 7.02. The molecule has 2 aliphatic rings. The van der Waals surface area contributed by atoms with E-state index >= 15 is 0 Å². The third-order valence-electron chi connectivity index (χ3n) is 3.93. The fourth-order valence-electron chi connectivity index (χ4n) is 2.60. The van der Waals surface area contributed by atoms with E-state index in [2.05, 4.69) is 0 Å². The highest BCUT2D eigenvalue weighted by Gasteiger charge is 2.46. The third-order valence-corrected chi connectivity index (χ3v) is 3.93. The molecule has 0 bridgehead atoms. The van der Waals surface area contributed by atoms with Crippen molar-refractivity contribution in [2.24, 2.45) is 0 Å². The van der Waals surface area contributed by atoms with Crippen LogP contribution < -0.4 is 0 Å². The van der Waals surface area contributed by atoms with Crippen molar-refractivity contribution in [3.05, 3.63) is 11.6 Å². The topological polar surface area (TPSA) is 177 Å². The van der Waals surface area contributed by atoms with E-state index in [1.165, 1.54) is 0 Å². The van der Waals surface area contributed by atoms with Gasteiger partial charge in [0, 0.05) is 12.0 Å². The molecule has 1 fully saturated rings. The van der Waals surface area contributed by atoms with Crippen molar-refractivity contribution in [2.45, 2.75) is 55.4 Å². The highest BCUT2D eigenvalue weighted by Crippen LogP contribution is 2.28. The molecule has 10 nitrogen and oxygen atoms in total. The number of carboxylic acids is 1. The number of hydrogen-bond donors (Lipinski definition) is 7. The lowest BCUT2D eigenvalue weighted by Gasteiger charge is -2.42. The highest BCUT2D eigenvalue weighted by atomic mass is 16.7. The number of hydrogen-bond acceptors (Lipinski definition) is 9. The smallest absolute Gasteiger partial charge is 0.331 e. The zero-order valence-corrected chi connectivity index (χ0v) is 12.0. The van der Waals surface area contributed by atoms with Gasteiger partial charge in [-0.2, -0.15) is 0 Å². The van der Waals surface area contributed by atoms with Gasteiger partial charge < -0.3 is 45.2 Å². The van der Waals surface area contributed by atoms with Crippen LogP contribution in [-0.2, 0) is 14.3 Å². The monoisotopic (exact) mass is 336 g/mol. The van der Waals surface area contributed by atoms with Crippen molar-refractivity contribution in [1.82, 2.24) is 0 Å². The molecule has 10 heteroatoms. The first kappa shape index (κ1) is 18.2. The van der Waals surface area contributed by atoms with Crippen LogP contribution in [0.3, 0.4) is 0 Å². The molecular formula is C13H20O10. The Morgan fingerprint density at radius 1 is 1.17 bits per heavy atom.